The van der Waals surface area contributed by atoms with Gasteiger partial charge in [-0.3, -0.25) is 4.79 Å². The Labute approximate surface area is 145 Å². The van der Waals surface area contributed by atoms with E-state index in [4.69, 9.17) is 4.74 Å². The van der Waals surface area contributed by atoms with Gasteiger partial charge in [-0.05, 0) is 29.8 Å². The van der Waals surface area contributed by atoms with E-state index in [9.17, 15) is 26.7 Å². The zero-order valence-corrected chi connectivity index (χ0v) is 13.2. The van der Waals surface area contributed by atoms with Gasteiger partial charge in [0.25, 0.3) is 5.91 Å². The summed E-state index contributed by atoms with van der Waals surface area (Å²) in [6.07, 6.45) is -4.59. The molecule has 0 aromatic heterocycles. The van der Waals surface area contributed by atoms with Crippen LogP contribution in [0, 0.1) is 0 Å². The summed E-state index contributed by atoms with van der Waals surface area (Å²) in [6.45, 7) is -3.48. The maximum atomic E-state index is 12.8. The molecule has 26 heavy (non-hydrogen) atoms. The number of halogens is 5. The van der Waals surface area contributed by atoms with E-state index in [0.29, 0.717) is 5.56 Å². The highest BCUT2D eigenvalue weighted by Gasteiger charge is 2.34. The minimum Gasteiger partial charge on any atom is -0.483 e. The van der Waals surface area contributed by atoms with Gasteiger partial charge < -0.3 is 14.8 Å². The third kappa shape index (κ3) is 5.91. The quantitative estimate of drug-likeness (QED) is 0.744. The van der Waals surface area contributed by atoms with Gasteiger partial charge in [-0.2, -0.15) is 22.0 Å². The van der Waals surface area contributed by atoms with Crippen molar-refractivity contribution in [3.8, 4) is 11.5 Å². The average Bonchev–Trinajstić information content (AvgIpc) is 2.58. The maximum Gasteiger partial charge on any atom is 0.419 e. The molecule has 1 amide bonds. The minimum atomic E-state index is -4.59. The molecule has 0 heterocycles. The number of para-hydroxylation sites is 1. The lowest BCUT2D eigenvalue weighted by atomic mass is 10.2. The van der Waals surface area contributed by atoms with Crippen molar-refractivity contribution in [2.24, 2.45) is 0 Å². The fourth-order valence-electron chi connectivity index (χ4n) is 2.01. The molecule has 9 heteroatoms. The van der Waals surface area contributed by atoms with Crippen molar-refractivity contribution in [2.45, 2.75) is 19.3 Å². The molecule has 4 nitrogen and oxygen atoms in total. The number of hydrogen-bond donors (Lipinski definition) is 1. The summed E-state index contributed by atoms with van der Waals surface area (Å²) < 4.78 is 71.7. The van der Waals surface area contributed by atoms with Crippen molar-refractivity contribution >= 4 is 5.91 Å². The third-order valence-corrected chi connectivity index (χ3v) is 3.19. The smallest absolute Gasteiger partial charge is 0.419 e. The Bertz CT molecular complexity index is 732. The van der Waals surface area contributed by atoms with Gasteiger partial charge in [0, 0.05) is 6.54 Å². The van der Waals surface area contributed by atoms with E-state index in [2.05, 4.69) is 10.1 Å². The fourth-order valence-corrected chi connectivity index (χ4v) is 2.01. The van der Waals surface area contributed by atoms with Gasteiger partial charge in [0.05, 0.1) is 5.56 Å². The lowest BCUT2D eigenvalue weighted by Crippen LogP contribution is -2.28. The number of alkyl halides is 5. The van der Waals surface area contributed by atoms with Crippen LogP contribution in [0.2, 0.25) is 0 Å². The number of ether oxygens (including phenoxy) is 2. The van der Waals surface area contributed by atoms with Gasteiger partial charge in [-0.25, -0.2) is 0 Å². The van der Waals surface area contributed by atoms with Crippen LogP contribution in [-0.4, -0.2) is 19.1 Å². The van der Waals surface area contributed by atoms with Crippen molar-refractivity contribution < 1.29 is 36.2 Å². The SMILES string of the molecule is O=C(COc1ccccc1C(F)(F)F)NCc1ccc(OC(F)F)cc1. The number of carbonyl (C=O) groups is 1. The van der Waals surface area contributed by atoms with Crippen molar-refractivity contribution in [2.75, 3.05) is 6.61 Å². The van der Waals surface area contributed by atoms with Crippen LogP contribution >= 0.6 is 0 Å². The first-order valence-electron chi connectivity index (χ1n) is 7.35. The first-order chi connectivity index (χ1) is 12.3. The van der Waals surface area contributed by atoms with Crippen LogP contribution in [0.1, 0.15) is 11.1 Å². The highest BCUT2D eigenvalue weighted by molar-refractivity contribution is 5.77. The van der Waals surface area contributed by atoms with Crippen molar-refractivity contribution in [1.29, 1.82) is 0 Å². The molecule has 2 aromatic carbocycles. The highest BCUT2D eigenvalue weighted by Crippen LogP contribution is 2.35. The van der Waals surface area contributed by atoms with Crippen LogP contribution in [-0.2, 0) is 17.5 Å². The van der Waals surface area contributed by atoms with E-state index in [-0.39, 0.29) is 12.3 Å². The zero-order valence-electron chi connectivity index (χ0n) is 13.2. The summed E-state index contributed by atoms with van der Waals surface area (Å²) >= 11 is 0. The molecule has 1 N–H and O–H groups in total. The molecule has 0 radical (unpaired) electrons. The molecule has 140 valence electrons. The van der Waals surface area contributed by atoms with Gasteiger partial charge in [-0.1, -0.05) is 24.3 Å². The van der Waals surface area contributed by atoms with Gasteiger partial charge in [0.15, 0.2) is 6.61 Å². The molecule has 0 aliphatic heterocycles. The van der Waals surface area contributed by atoms with Crippen LogP contribution in [0.3, 0.4) is 0 Å². The van der Waals surface area contributed by atoms with Crippen LogP contribution < -0.4 is 14.8 Å². The van der Waals surface area contributed by atoms with Gasteiger partial charge >= 0.3 is 12.8 Å². The van der Waals surface area contributed by atoms with Gasteiger partial charge in [0.1, 0.15) is 11.5 Å². The van der Waals surface area contributed by atoms with Gasteiger partial charge in [-0.15, -0.1) is 0 Å². The maximum absolute atomic E-state index is 12.8. The molecule has 0 fully saturated rings. The van der Waals surface area contributed by atoms with Crippen LogP contribution in [0.15, 0.2) is 48.5 Å². The lowest BCUT2D eigenvalue weighted by molar-refractivity contribution is -0.139. The number of benzene rings is 2. The fraction of sp³-hybridized carbons (Fsp3) is 0.235. The summed E-state index contributed by atoms with van der Waals surface area (Å²) in [5, 5.41) is 2.45. The molecule has 0 saturated carbocycles. The number of carbonyl (C=O) groups excluding carboxylic acids is 1. The lowest BCUT2D eigenvalue weighted by Gasteiger charge is -2.13. The molecular formula is C17H14F5NO3. The van der Waals surface area contributed by atoms with E-state index in [1.807, 2.05) is 0 Å². The predicted molar refractivity (Wildman–Crippen MR) is 81.9 cm³/mol. The molecule has 0 saturated heterocycles. The third-order valence-electron chi connectivity index (χ3n) is 3.19. The van der Waals surface area contributed by atoms with Crippen LogP contribution in [0.25, 0.3) is 0 Å². The van der Waals surface area contributed by atoms with Crippen molar-refractivity contribution in [1.82, 2.24) is 5.32 Å². The second kappa shape index (κ2) is 8.50. The van der Waals surface area contributed by atoms with E-state index in [1.165, 1.54) is 36.4 Å². The van der Waals surface area contributed by atoms with E-state index >= 15 is 0 Å². The molecule has 0 bridgehead atoms. The summed E-state index contributed by atoms with van der Waals surface area (Å²) in [6, 6.07) is 10.1. The molecule has 0 spiro atoms. The number of rotatable bonds is 7. The Morgan fingerprint density at radius 3 is 2.31 bits per heavy atom. The Morgan fingerprint density at radius 1 is 1.04 bits per heavy atom. The average molecular weight is 375 g/mol. The summed E-state index contributed by atoms with van der Waals surface area (Å²) in [7, 11) is 0. The zero-order chi connectivity index (χ0) is 19.2. The number of amides is 1. The Morgan fingerprint density at radius 2 is 1.69 bits per heavy atom. The first-order valence-corrected chi connectivity index (χ1v) is 7.35. The van der Waals surface area contributed by atoms with E-state index in [1.54, 1.807) is 0 Å². The van der Waals surface area contributed by atoms with Crippen LogP contribution in [0.4, 0.5) is 22.0 Å². The molecule has 0 aliphatic rings. The van der Waals surface area contributed by atoms with E-state index in [0.717, 1.165) is 12.1 Å². The van der Waals surface area contributed by atoms with Crippen LogP contribution in [0.5, 0.6) is 11.5 Å². The summed E-state index contributed by atoms with van der Waals surface area (Å²) in [5.41, 5.74) is -0.377. The summed E-state index contributed by atoms with van der Waals surface area (Å²) in [4.78, 5) is 11.7. The second-order valence-electron chi connectivity index (χ2n) is 5.08. The first kappa shape index (κ1) is 19.5. The molecular weight excluding hydrogens is 361 g/mol. The monoisotopic (exact) mass is 375 g/mol. The van der Waals surface area contributed by atoms with E-state index < -0.39 is 36.6 Å². The van der Waals surface area contributed by atoms with Gasteiger partial charge in [0.2, 0.25) is 0 Å². The summed E-state index contributed by atoms with van der Waals surface area (Å²) in [5.74, 6) is -1.10. The molecule has 0 unspecified atom stereocenters. The van der Waals surface area contributed by atoms with Crippen molar-refractivity contribution in [3.05, 3.63) is 59.7 Å². The number of hydrogen-bond acceptors (Lipinski definition) is 3. The Kier molecular flexibility index (Phi) is 6.37. The molecule has 2 aromatic rings. The predicted octanol–water partition coefficient (Wildman–Crippen LogP) is 4.00. The molecule has 0 aliphatic carbocycles. The topological polar surface area (TPSA) is 47.6 Å². The minimum absolute atomic E-state index is 0.0258. The number of nitrogens with one attached hydrogen (secondary N) is 1. The molecule has 2 rings (SSSR count). The Balaban J connectivity index is 1.85. The van der Waals surface area contributed by atoms with Crippen molar-refractivity contribution in [3.63, 3.8) is 0 Å². The molecule has 0 atom stereocenters. The Hall–Kier alpha value is -2.84. The second-order valence-corrected chi connectivity index (χ2v) is 5.08. The highest BCUT2D eigenvalue weighted by atomic mass is 19.4. The standard InChI is InChI=1S/C17H14F5NO3/c18-16(19)26-12-7-5-11(6-8-12)9-23-15(24)10-25-14-4-2-1-3-13(14)17(20,21)22/h1-8,16H,9-10H2,(H,23,24). The normalized spacial score (nSPS) is 11.3. The largest absolute Gasteiger partial charge is 0.483 e.